The molecule has 92 valence electrons. The van der Waals surface area contributed by atoms with E-state index in [2.05, 4.69) is 10.6 Å². The Morgan fingerprint density at radius 2 is 1.94 bits per heavy atom. The number of carbonyl (C=O) groups is 2. The van der Waals surface area contributed by atoms with Crippen LogP contribution in [-0.4, -0.2) is 40.4 Å². The summed E-state index contributed by atoms with van der Waals surface area (Å²) in [4.78, 5) is 21.9. The summed E-state index contributed by atoms with van der Waals surface area (Å²) >= 11 is 0. The van der Waals surface area contributed by atoms with Gasteiger partial charge in [-0.05, 0) is 19.8 Å². The van der Waals surface area contributed by atoms with Crippen molar-refractivity contribution in [3.8, 4) is 0 Å². The van der Waals surface area contributed by atoms with E-state index in [4.69, 9.17) is 5.11 Å². The summed E-state index contributed by atoms with van der Waals surface area (Å²) in [5.41, 5.74) is 0. The van der Waals surface area contributed by atoms with Crippen LogP contribution >= 0.6 is 0 Å². The van der Waals surface area contributed by atoms with Crippen LogP contribution in [0.1, 0.15) is 32.6 Å². The lowest BCUT2D eigenvalue weighted by atomic mass is 9.93. The van der Waals surface area contributed by atoms with E-state index in [-0.39, 0.29) is 6.04 Å². The molecule has 2 amide bonds. The SMILES string of the molecule is CC(NC(=O)NC1CCCCC1O)C(=O)O. The summed E-state index contributed by atoms with van der Waals surface area (Å²) < 4.78 is 0. The third-order valence-electron chi connectivity index (χ3n) is 2.76. The van der Waals surface area contributed by atoms with Gasteiger partial charge in [0.1, 0.15) is 6.04 Å². The highest BCUT2D eigenvalue weighted by molar-refractivity contribution is 5.82. The Labute approximate surface area is 94.0 Å². The molecule has 1 aliphatic rings. The molecule has 0 aromatic heterocycles. The number of carboxylic acids is 1. The van der Waals surface area contributed by atoms with Crippen molar-refractivity contribution in [3.05, 3.63) is 0 Å². The third-order valence-corrected chi connectivity index (χ3v) is 2.76. The van der Waals surface area contributed by atoms with Gasteiger partial charge in [-0.2, -0.15) is 0 Å². The minimum Gasteiger partial charge on any atom is -0.480 e. The molecule has 0 heterocycles. The summed E-state index contributed by atoms with van der Waals surface area (Å²) in [5.74, 6) is -1.08. The fraction of sp³-hybridized carbons (Fsp3) is 0.800. The summed E-state index contributed by atoms with van der Waals surface area (Å²) in [6.45, 7) is 1.39. The van der Waals surface area contributed by atoms with Crippen LogP contribution in [0.4, 0.5) is 4.79 Å². The van der Waals surface area contributed by atoms with Crippen molar-refractivity contribution >= 4 is 12.0 Å². The number of carboxylic acid groups (broad SMARTS) is 1. The second-order valence-corrected chi connectivity index (χ2v) is 4.14. The molecule has 1 aliphatic carbocycles. The molecule has 4 N–H and O–H groups in total. The van der Waals surface area contributed by atoms with Gasteiger partial charge in [0.25, 0.3) is 0 Å². The molecule has 6 nitrogen and oxygen atoms in total. The first-order valence-electron chi connectivity index (χ1n) is 5.48. The first-order chi connectivity index (χ1) is 7.50. The smallest absolute Gasteiger partial charge is 0.325 e. The summed E-state index contributed by atoms with van der Waals surface area (Å²) in [6.07, 6.45) is 2.82. The average Bonchev–Trinajstić information content (AvgIpc) is 2.21. The number of carbonyl (C=O) groups excluding carboxylic acids is 1. The minimum absolute atomic E-state index is 0.269. The zero-order chi connectivity index (χ0) is 12.1. The number of hydrogen-bond acceptors (Lipinski definition) is 3. The van der Waals surface area contributed by atoms with Crippen molar-refractivity contribution < 1.29 is 19.8 Å². The predicted octanol–water partition coefficient (Wildman–Crippen LogP) is 0.0622. The molecule has 16 heavy (non-hydrogen) atoms. The second-order valence-electron chi connectivity index (χ2n) is 4.14. The first-order valence-corrected chi connectivity index (χ1v) is 5.48. The maximum absolute atomic E-state index is 11.4. The van der Waals surface area contributed by atoms with Crippen LogP contribution in [0.5, 0.6) is 0 Å². The molecule has 6 heteroatoms. The lowest BCUT2D eigenvalue weighted by molar-refractivity contribution is -0.138. The van der Waals surface area contributed by atoms with Crippen molar-refractivity contribution in [2.75, 3.05) is 0 Å². The van der Waals surface area contributed by atoms with Crippen molar-refractivity contribution in [1.29, 1.82) is 0 Å². The van der Waals surface area contributed by atoms with Crippen LogP contribution in [0.2, 0.25) is 0 Å². The second kappa shape index (κ2) is 5.69. The standard InChI is InChI=1S/C10H18N2O4/c1-6(9(14)15)11-10(16)12-7-4-2-3-5-8(7)13/h6-8,13H,2-5H2,1H3,(H,14,15)(H2,11,12,16). The van der Waals surface area contributed by atoms with E-state index in [0.29, 0.717) is 6.42 Å². The quantitative estimate of drug-likeness (QED) is 0.551. The molecule has 1 fully saturated rings. The van der Waals surface area contributed by atoms with Crippen molar-refractivity contribution in [2.24, 2.45) is 0 Å². The molecular formula is C10H18N2O4. The van der Waals surface area contributed by atoms with Crippen LogP contribution in [-0.2, 0) is 4.79 Å². The van der Waals surface area contributed by atoms with Crippen LogP contribution in [0.15, 0.2) is 0 Å². The molecule has 0 spiro atoms. The van der Waals surface area contributed by atoms with Crippen LogP contribution in [0.25, 0.3) is 0 Å². The Morgan fingerprint density at radius 1 is 1.31 bits per heavy atom. The fourth-order valence-corrected chi connectivity index (χ4v) is 1.75. The summed E-state index contributed by atoms with van der Waals surface area (Å²) in [6, 6.07) is -1.74. The highest BCUT2D eigenvalue weighted by Crippen LogP contribution is 2.18. The van der Waals surface area contributed by atoms with E-state index in [0.717, 1.165) is 19.3 Å². The van der Waals surface area contributed by atoms with E-state index in [1.165, 1.54) is 6.92 Å². The maximum Gasteiger partial charge on any atom is 0.325 e. The Bertz CT molecular complexity index is 270. The number of aliphatic hydroxyl groups is 1. The van der Waals surface area contributed by atoms with Crippen LogP contribution < -0.4 is 10.6 Å². The summed E-state index contributed by atoms with van der Waals surface area (Å²) in [5, 5.41) is 23.1. The highest BCUT2D eigenvalue weighted by atomic mass is 16.4. The number of nitrogens with one attached hydrogen (secondary N) is 2. The molecule has 0 aromatic carbocycles. The van der Waals surface area contributed by atoms with E-state index in [1.54, 1.807) is 0 Å². The maximum atomic E-state index is 11.4. The van der Waals surface area contributed by atoms with Gasteiger partial charge in [-0.3, -0.25) is 4.79 Å². The largest absolute Gasteiger partial charge is 0.480 e. The molecule has 0 aliphatic heterocycles. The van der Waals surface area contributed by atoms with E-state index >= 15 is 0 Å². The van der Waals surface area contributed by atoms with Crippen LogP contribution in [0.3, 0.4) is 0 Å². The van der Waals surface area contributed by atoms with Gasteiger partial charge in [0.2, 0.25) is 0 Å². The number of aliphatic hydroxyl groups excluding tert-OH is 1. The number of amides is 2. The molecule has 0 saturated heterocycles. The number of urea groups is 1. The fourth-order valence-electron chi connectivity index (χ4n) is 1.75. The Kier molecular flexibility index (Phi) is 4.54. The Balaban J connectivity index is 2.35. The minimum atomic E-state index is -1.08. The van der Waals surface area contributed by atoms with Crippen molar-refractivity contribution in [1.82, 2.24) is 10.6 Å². The van der Waals surface area contributed by atoms with Gasteiger partial charge in [0.15, 0.2) is 0 Å². The topological polar surface area (TPSA) is 98.7 Å². The highest BCUT2D eigenvalue weighted by Gasteiger charge is 2.25. The monoisotopic (exact) mass is 230 g/mol. The Morgan fingerprint density at radius 3 is 2.50 bits per heavy atom. The van der Waals surface area contributed by atoms with Gasteiger partial charge < -0.3 is 20.8 Å². The van der Waals surface area contributed by atoms with E-state index < -0.39 is 24.1 Å². The number of hydrogen-bond donors (Lipinski definition) is 4. The van der Waals surface area contributed by atoms with Crippen molar-refractivity contribution in [2.45, 2.75) is 50.8 Å². The first kappa shape index (κ1) is 12.8. The normalized spacial score (nSPS) is 26.9. The van der Waals surface area contributed by atoms with Crippen LogP contribution in [0, 0.1) is 0 Å². The average molecular weight is 230 g/mol. The van der Waals surface area contributed by atoms with Gasteiger partial charge >= 0.3 is 12.0 Å². The van der Waals surface area contributed by atoms with Gasteiger partial charge in [0.05, 0.1) is 12.1 Å². The molecule has 0 radical (unpaired) electrons. The lowest BCUT2D eigenvalue weighted by Crippen LogP contribution is -2.52. The van der Waals surface area contributed by atoms with E-state index in [1.807, 2.05) is 0 Å². The number of aliphatic carboxylic acids is 1. The summed E-state index contributed by atoms with van der Waals surface area (Å²) in [7, 11) is 0. The molecular weight excluding hydrogens is 212 g/mol. The van der Waals surface area contributed by atoms with Gasteiger partial charge in [-0.1, -0.05) is 12.8 Å². The zero-order valence-corrected chi connectivity index (χ0v) is 9.27. The molecule has 1 saturated carbocycles. The van der Waals surface area contributed by atoms with Gasteiger partial charge in [-0.15, -0.1) is 0 Å². The molecule has 0 aromatic rings. The van der Waals surface area contributed by atoms with E-state index in [9.17, 15) is 14.7 Å². The zero-order valence-electron chi connectivity index (χ0n) is 9.27. The molecule has 3 unspecified atom stereocenters. The van der Waals surface area contributed by atoms with Crippen molar-refractivity contribution in [3.63, 3.8) is 0 Å². The molecule has 1 rings (SSSR count). The van der Waals surface area contributed by atoms with Gasteiger partial charge in [-0.25, -0.2) is 4.79 Å². The van der Waals surface area contributed by atoms with Gasteiger partial charge in [0, 0.05) is 0 Å². The number of rotatable bonds is 3. The molecule has 0 bridgehead atoms. The lowest BCUT2D eigenvalue weighted by Gasteiger charge is -2.28. The Hall–Kier alpha value is -1.30. The third kappa shape index (κ3) is 3.69. The molecule has 3 atom stereocenters. The predicted molar refractivity (Wildman–Crippen MR) is 57.0 cm³/mol.